The van der Waals surface area contributed by atoms with E-state index in [0.717, 1.165) is 17.9 Å². The molecule has 0 radical (unpaired) electrons. The highest BCUT2D eigenvalue weighted by Gasteiger charge is 2.03. The Bertz CT molecular complexity index is 368. The van der Waals surface area contributed by atoms with Crippen LogP contribution in [0.2, 0.25) is 0 Å². The second-order valence-electron chi connectivity index (χ2n) is 4.02. The lowest BCUT2D eigenvalue weighted by Crippen LogP contribution is -2.06. The van der Waals surface area contributed by atoms with E-state index in [9.17, 15) is 4.79 Å². The number of thioether (sulfide) groups is 1. The molecule has 1 amide bonds. The lowest BCUT2D eigenvalue weighted by molar-refractivity contribution is -0.114. The number of aliphatic hydroxyl groups is 1. The second-order valence-corrected chi connectivity index (χ2v) is 5.44. The van der Waals surface area contributed by atoms with Crippen molar-refractivity contribution in [3.05, 3.63) is 29.8 Å². The number of hydrogen-bond donors (Lipinski definition) is 2. The Kier molecular flexibility index (Phi) is 6.08. The highest BCUT2D eigenvalue weighted by atomic mass is 32.2. The Morgan fingerprint density at radius 3 is 2.94 bits per heavy atom. The van der Waals surface area contributed by atoms with Crippen LogP contribution >= 0.6 is 11.8 Å². The van der Waals surface area contributed by atoms with E-state index in [0.29, 0.717) is 5.25 Å². The highest BCUT2D eigenvalue weighted by Crippen LogP contribution is 2.21. The van der Waals surface area contributed by atoms with E-state index in [1.54, 1.807) is 0 Å². The summed E-state index contributed by atoms with van der Waals surface area (Å²) in [6, 6.07) is 7.86. The highest BCUT2D eigenvalue weighted by molar-refractivity contribution is 7.99. The maximum atomic E-state index is 10.9. The summed E-state index contributed by atoms with van der Waals surface area (Å²) in [5, 5.41) is 12.0. The lowest BCUT2D eigenvalue weighted by Gasteiger charge is -2.10. The van der Waals surface area contributed by atoms with Crippen molar-refractivity contribution in [1.29, 1.82) is 0 Å². The number of carbonyl (C=O) groups is 1. The van der Waals surface area contributed by atoms with Gasteiger partial charge >= 0.3 is 0 Å². The fourth-order valence-electron chi connectivity index (χ4n) is 1.45. The molecule has 0 bridgehead atoms. The van der Waals surface area contributed by atoms with Crippen molar-refractivity contribution in [3.8, 4) is 0 Å². The number of amides is 1. The molecule has 1 atom stereocenters. The molecule has 2 N–H and O–H groups in total. The normalized spacial score (nSPS) is 12.2. The van der Waals surface area contributed by atoms with E-state index < -0.39 is 0 Å². The van der Waals surface area contributed by atoms with Gasteiger partial charge in [-0.1, -0.05) is 19.1 Å². The van der Waals surface area contributed by atoms with Gasteiger partial charge < -0.3 is 10.4 Å². The summed E-state index contributed by atoms with van der Waals surface area (Å²) in [4.78, 5) is 10.9. The third-order valence-corrected chi connectivity index (χ3v) is 3.62. The van der Waals surface area contributed by atoms with Crippen LogP contribution in [0.1, 0.15) is 25.8 Å². The van der Waals surface area contributed by atoms with Crippen LogP contribution in [-0.4, -0.2) is 22.9 Å². The van der Waals surface area contributed by atoms with Crippen LogP contribution in [-0.2, 0) is 10.5 Å². The van der Waals surface area contributed by atoms with Crippen LogP contribution in [0, 0.1) is 0 Å². The van der Waals surface area contributed by atoms with Crippen LogP contribution in [0.5, 0.6) is 0 Å². The van der Waals surface area contributed by atoms with Gasteiger partial charge in [0, 0.05) is 30.2 Å². The third-order valence-electron chi connectivity index (χ3n) is 2.32. The minimum absolute atomic E-state index is 0.0524. The molecule has 3 nitrogen and oxygen atoms in total. The Morgan fingerprint density at radius 1 is 1.53 bits per heavy atom. The number of carbonyl (C=O) groups excluding carboxylic acids is 1. The van der Waals surface area contributed by atoms with Crippen LogP contribution in [0.4, 0.5) is 5.69 Å². The van der Waals surface area contributed by atoms with E-state index in [1.807, 2.05) is 36.0 Å². The predicted octanol–water partition coefficient (Wildman–Crippen LogP) is 2.65. The third kappa shape index (κ3) is 5.75. The van der Waals surface area contributed by atoms with Gasteiger partial charge in [-0.3, -0.25) is 4.79 Å². The number of aliphatic hydroxyl groups excluding tert-OH is 1. The smallest absolute Gasteiger partial charge is 0.221 e. The summed E-state index contributed by atoms with van der Waals surface area (Å²) < 4.78 is 0. The molecule has 0 heterocycles. The fraction of sp³-hybridized carbons (Fsp3) is 0.462. The van der Waals surface area contributed by atoms with E-state index >= 15 is 0 Å². The Hall–Kier alpha value is -1.00. The zero-order chi connectivity index (χ0) is 12.7. The first-order valence-electron chi connectivity index (χ1n) is 5.71. The Balaban J connectivity index is 2.50. The SMILES string of the molecule is CC(=O)Nc1cccc(CSC(C)CCO)c1. The molecule has 0 aliphatic carbocycles. The molecule has 17 heavy (non-hydrogen) atoms. The first kappa shape index (κ1) is 14.1. The quantitative estimate of drug-likeness (QED) is 0.819. The van der Waals surface area contributed by atoms with Crippen molar-refractivity contribution < 1.29 is 9.90 Å². The maximum Gasteiger partial charge on any atom is 0.221 e. The average Bonchev–Trinajstić information content (AvgIpc) is 2.26. The summed E-state index contributed by atoms with van der Waals surface area (Å²) in [6.45, 7) is 3.85. The lowest BCUT2D eigenvalue weighted by atomic mass is 10.2. The molecule has 0 aromatic heterocycles. The van der Waals surface area contributed by atoms with Crippen LogP contribution in [0.25, 0.3) is 0 Å². The topological polar surface area (TPSA) is 49.3 Å². The second kappa shape index (κ2) is 7.35. The summed E-state index contributed by atoms with van der Waals surface area (Å²) in [7, 11) is 0. The van der Waals surface area contributed by atoms with Crippen molar-refractivity contribution in [2.24, 2.45) is 0 Å². The standard InChI is InChI=1S/C13H19NO2S/c1-10(6-7-15)17-9-12-4-3-5-13(8-12)14-11(2)16/h3-5,8,10,15H,6-7,9H2,1-2H3,(H,14,16). The number of hydrogen-bond acceptors (Lipinski definition) is 3. The molecule has 0 saturated carbocycles. The summed E-state index contributed by atoms with van der Waals surface area (Å²) >= 11 is 1.81. The largest absolute Gasteiger partial charge is 0.396 e. The molecule has 1 aromatic carbocycles. The molecule has 0 spiro atoms. The van der Waals surface area contributed by atoms with Crippen molar-refractivity contribution in [3.63, 3.8) is 0 Å². The first-order chi connectivity index (χ1) is 8.11. The molecule has 0 fully saturated rings. The van der Waals surface area contributed by atoms with Crippen molar-refractivity contribution in [1.82, 2.24) is 0 Å². The van der Waals surface area contributed by atoms with Gasteiger partial charge in [0.1, 0.15) is 0 Å². The summed E-state index contributed by atoms with van der Waals surface area (Å²) in [6.07, 6.45) is 0.816. The molecule has 0 aliphatic heterocycles. The van der Waals surface area contributed by atoms with Gasteiger partial charge in [-0.2, -0.15) is 11.8 Å². The minimum Gasteiger partial charge on any atom is -0.396 e. The van der Waals surface area contributed by atoms with Gasteiger partial charge in [-0.15, -0.1) is 0 Å². The summed E-state index contributed by atoms with van der Waals surface area (Å²) in [5.41, 5.74) is 2.02. The molecular formula is C13H19NO2S. The minimum atomic E-state index is -0.0524. The maximum absolute atomic E-state index is 10.9. The van der Waals surface area contributed by atoms with Gasteiger partial charge in [-0.05, 0) is 24.1 Å². The van der Waals surface area contributed by atoms with Gasteiger partial charge in [0.25, 0.3) is 0 Å². The van der Waals surface area contributed by atoms with Gasteiger partial charge in [-0.25, -0.2) is 0 Å². The molecule has 0 saturated heterocycles. The monoisotopic (exact) mass is 253 g/mol. The fourth-order valence-corrected chi connectivity index (χ4v) is 2.37. The van der Waals surface area contributed by atoms with E-state index in [4.69, 9.17) is 5.11 Å². The molecule has 1 rings (SSSR count). The summed E-state index contributed by atoms with van der Waals surface area (Å²) in [5.74, 6) is 0.845. The molecular weight excluding hydrogens is 234 g/mol. The molecule has 4 heteroatoms. The van der Waals surface area contributed by atoms with Gasteiger partial charge in [0.2, 0.25) is 5.91 Å². The van der Waals surface area contributed by atoms with Crippen LogP contribution < -0.4 is 5.32 Å². The number of nitrogens with one attached hydrogen (secondary N) is 1. The average molecular weight is 253 g/mol. The Labute approximate surface area is 107 Å². The molecule has 1 aromatic rings. The van der Waals surface area contributed by atoms with Crippen molar-refractivity contribution in [2.75, 3.05) is 11.9 Å². The predicted molar refractivity (Wildman–Crippen MR) is 73.2 cm³/mol. The zero-order valence-corrected chi connectivity index (χ0v) is 11.1. The molecule has 94 valence electrons. The van der Waals surface area contributed by atoms with E-state index in [-0.39, 0.29) is 12.5 Å². The molecule has 1 unspecified atom stereocenters. The van der Waals surface area contributed by atoms with Crippen molar-refractivity contribution >= 4 is 23.4 Å². The van der Waals surface area contributed by atoms with Crippen LogP contribution in [0.3, 0.4) is 0 Å². The van der Waals surface area contributed by atoms with Gasteiger partial charge in [0.15, 0.2) is 0 Å². The van der Waals surface area contributed by atoms with E-state index in [2.05, 4.69) is 12.2 Å². The number of benzene rings is 1. The first-order valence-corrected chi connectivity index (χ1v) is 6.75. The van der Waals surface area contributed by atoms with Gasteiger partial charge in [0.05, 0.1) is 0 Å². The van der Waals surface area contributed by atoms with E-state index in [1.165, 1.54) is 12.5 Å². The molecule has 0 aliphatic rings. The number of rotatable bonds is 6. The van der Waals surface area contributed by atoms with Crippen molar-refractivity contribution in [2.45, 2.75) is 31.3 Å². The number of anilines is 1. The Morgan fingerprint density at radius 2 is 2.29 bits per heavy atom. The van der Waals surface area contributed by atoms with Crippen LogP contribution in [0.15, 0.2) is 24.3 Å². The zero-order valence-electron chi connectivity index (χ0n) is 10.3.